The Balaban J connectivity index is 1.18. The van der Waals surface area contributed by atoms with Gasteiger partial charge in [-0.15, -0.1) is 0 Å². The van der Waals surface area contributed by atoms with Crippen molar-refractivity contribution >= 4 is 22.3 Å². The molecule has 0 radical (unpaired) electrons. The molecular weight excluding hydrogens is 500 g/mol. The third-order valence-corrected chi connectivity index (χ3v) is 8.03. The van der Waals surface area contributed by atoms with Crippen molar-refractivity contribution in [2.45, 2.75) is 45.6 Å². The number of rotatable bonds is 10. The minimum atomic E-state index is 0.0350. The second-order valence-corrected chi connectivity index (χ2v) is 10.8. The van der Waals surface area contributed by atoms with E-state index in [1.54, 1.807) is 6.20 Å². The molecule has 1 saturated heterocycles. The highest BCUT2D eigenvalue weighted by Crippen LogP contribution is 2.26. The Kier molecular flexibility index (Phi) is 7.60. The highest BCUT2D eigenvalue weighted by Gasteiger charge is 2.19. The van der Waals surface area contributed by atoms with Crippen LogP contribution in [0.4, 0.5) is 0 Å². The van der Waals surface area contributed by atoms with Gasteiger partial charge in [-0.1, -0.05) is 31.2 Å². The number of ether oxygens (including phenoxy) is 1. The first-order valence-corrected chi connectivity index (χ1v) is 14.3. The first kappa shape index (κ1) is 26.2. The van der Waals surface area contributed by atoms with Crippen molar-refractivity contribution in [3.8, 4) is 5.88 Å². The maximum Gasteiger partial charge on any atom is 0.213 e. The van der Waals surface area contributed by atoms with E-state index in [4.69, 9.17) is 14.8 Å². The topological polar surface area (TPSA) is 77.5 Å². The van der Waals surface area contributed by atoms with Gasteiger partial charge in [0.15, 0.2) is 5.78 Å². The summed E-state index contributed by atoms with van der Waals surface area (Å²) in [5, 5.41) is 6.00. The van der Waals surface area contributed by atoms with Gasteiger partial charge in [-0.05, 0) is 81.6 Å². The van der Waals surface area contributed by atoms with Crippen molar-refractivity contribution in [3.63, 3.8) is 0 Å². The van der Waals surface area contributed by atoms with E-state index in [9.17, 15) is 4.79 Å². The zero-order valence-corrected chi connectivity index (χ0v) is 23.3. The third kappa shape index (κ3) is 5.49. The SMILES string of the molecule is CCc1nn(Cc2cccc(OCCC3CCN(C)CC3)n2)c2cccc(CC(=O)c3cnc4ccccn34)c12. The maximum atomic E-state index is 13.4. The van der Waals surface area contributed by atoms with E-state index in [-0.39, 0.29) is 12.2 Å². The van der Waals surface area contributed by atoms with Crippen LogP contribution in [0.15, 0.2) is 67.0 Å². The number of aryl methyl sites for hydroxylation is 1. The van der Waals surface area contributed by atoms with Gasteiger partial charge in [0.2, 0.25) is 5.88 Å². The molecule has 8 heteroatoms. The molecule has 1 aliphatic rings. The number of carbonyl (C=O) groups excluding carboxylic acids is 1. The molecule has 1 fully saturated rings. The molecule has 40 heavy (non-hydrogen) atoms. The molecule has 4 aromatic heterocycles. The van der Waals surface area contributed by atoms with Crippen LogP contribution >= 0.6 is 0 Å². The van der Waals surface area contributed by atoms with Crippen LogP contribution in [0.3, 0.4) is 0 Å². The third-order valence-electron chi connectivity index (χ3n) is 8.03. The van der Waals surface area contributed by atoms with E-state index in [2.05, 4.69) is 29.9 Å². The molecule has 0 aliphatic carbocycles. The molecule has 0 bridgehead atoms. The van der Waals surface area contributed by atoms with Crippen molar-refractivity contribution in [1.82, 2.24) is 29.0 Å². The number of Topliss-reactive ketones (excluding diaryl/α,β-unsaturated/α-hetero) is 1. The molecule has 6 rings (SSSR count). The van der Waals surface area contributed by atoms with Gasteiger partial charge in [-0.3, -0.25) is 13.9 Å². The molecule has 5 heterocycles. The zero-order valence-electron chi connectivity index (χ0n) is 23.3. The summed E-state index contributed by atoms with van der Waals surface area (Å²) in [6.07, 6.45) is 8.16. The summed E-state index contributed by atoms with van der Waals surface area (Å²) < 4.78 is 9.91. The minimum absolute atomic E-state index is 0.0350. The average molecular weight is 537 g/mol. The van der Waals surface area contributed by atoms with Gasteiger partial charge in [-0.25, -0.2) is 9.97 Å². The Morgan fingerprint density at radius 2 is 1.90 bits per heavy atom. The number of hydrogen-bond donors (Lipinski definition) is 0. The molecule has 1 aliphatic heterocycles. The van der Waals surface area contributed by atoms with Gasteiger partial charge in [0.25, 0.3) is 0 Å². The van der Waals surface area contributed by atoms with Crippen LogP contribution in [0.2, 0.25) is 0 Å². The van der Waals surface area contributed by atoms with E-state index in [1.165, 1.54) is 25.9 Å². The lowest BCUT2D eigenvalue weighted by Gasteiger charge is -2.28. The number of piperidine rings is 1. The fourth-order valence-corrected chi connectivity index (χ4v) is 5.76. The minimum Gasteiger partial charge on any atom is -0.478 e. The second kappa shape index (κ2) is 11.6. The van der Waals surface area contributed by atoms with Crippen molar-refractivity contribution in [2.75, 3.05) is 26.7 Å². The summed E-state index contributed by atoms with van der Waals surface area (Å²) in [6, 6.07) is 17.8. The highest BCUT2D eigenvalue weighted by atomic mass is 16.5. The smallest absolute Gasteiger partial charge is 0.213 e. The molecule has 0 saturated carbocycles. The van der Waals surface area contributed by atoms with Gasteiger partial charge in [0.1, 0.15) is 11.3 Å². The Bertz CT molecular complexity index is 1630. The average Bonchev–Trinajstić information content (AvgIpc) is 3.57. The summed E-state index contributed by atoms with van der Waals surface area (Å²) in [5.74, 6) is 1.43. The fraction of sp³-hybridized carbons (Fsp3) is 0.375. The highest BCUT2D eigenvalue weighted by molar-refractivity contribution is 5.99. The quantitative estimate of drug-likeness (QED) is 0.228. The number of hydrogen-bond acceptors (Lipinski definition) is 6. The largest absolute Gasteiger partial charge is 0.478 e. The number of nitrogens with zero attached hydrogens (tertiary/aromatic N) is 6. The maximum absolute atomic E-state index is 13.4. The number of ketones is 1. The predicted molar refractivity (Wildman–Crippen MR) is 156 cm³/mol. The van der Waals surface area contributed by atoms with Gasteiger partial charge in [-0.2, -0.15) is 5.10 Å². The van der Waals surface area contributed by atoms with Gasteiger partial charge >= 0.3 is 0 Å². The summed E-state index contributed by atoms with van der Waals surface area (Å²) >= 11 is 0. The van der Waals surface area contributed by atoms with E-state index in [1.807, 2.05) is 63.8 Å². The monoisotopic (exact) mass is 536 g/mol. The van der Waals surface area contributed by atoms with Gasteiger partial charge in [0.05, 0.1) is 36.3 Å². The van der Waals surface area contributed by atoms with Crippen molar-refractivity contribution in [1.29, 1.82) is 0 Å². The molecule has 5 aromatic rings. The number of benzene rings is 1. The first-order valence-electron chi connectivity index (χ1n) is 14.3. The van der Waals surface area contributed by atoms with Crippen LogP contribution < -0.4 is 4.74 Å². The Labute approximate surface area is 234 Å². The number of fused-ring (bicyclic) bond motifs is 2. The molecule has 0 N–H and O–H groups in total. The number of imidazole rings is 1. The van der Waals surface area contributed by atoms with Crippen LogP contribution in [0.1, 0.15) is 53.6 Å². The van der Waals surface area contributed by atoms with Gasteiger partial charge in [0, 0.05) is 24.1 Å². The molecule has 1 aromatic carbocycles. The molecule has 8 nitrogen and oxygen atoms in total. The van der Waals surface area contributed by atoms with Gasteiger partial charge < -0.3 is 9.64 Å². The summed E-state index contributed by atoms with van der Waals surface area (Å²) in [7, 11) is 2.19. The van der Waals surface area contributed by atoms with Crippen LogP contribution in [0, 0.1) is 5.92 Å². The van der Waals surface area contributed by atoms with Crippen LogP contribution in [-0.2, 0) is 19.4 Å². The molecule has 206 valence electrons. The lowest BCUT2D eigenvalue weighted by Crippen LogP contribution is -2.30. The Morgan fingerprint density at radius 3 is 2.75 bits per heavy atom. The van der Waals surface area contributed by atoms with Crippen LogP contribution in [0.5, 0.6) is 5.88 Å². The number of pyridine rings is 2. The number of carbonyl (C=O) groups is 1. The van der Waals surface area contributed by atoms with Crippen LogP contribution in [0.25, 0.3) is 16.6 Å². The predicted octanol–water partition coefficient (Wildman–Crippen LogP) is 5.23. The van der Waals surface area contributed by atoms with Crippen molar-refractivity contribution in [2.24, 2.45) is 5.92 Å². The standard InChI is InChI=1S/C32H36N6O2/c1-3-26-32-24(20-29(39)28-21-33-30-11-4-5-16-37(28)30)8-6-10-27(32)38(35-26)22-25-9-7-12-31(34-25)40-19-15-23-13-17-36(2)18-14-23/h4-12,16,21,23H,3,13-15,17-20,22H2,1-2H3. The van der Waals surface area contributed by atoms with Crippen LogP contribution in [-0.4, -0.2) is 61.6 Å². The molecule has 0 unspecified atom stereocenters. The van der Waals surface area contributed by atoms with E-state index in [0.717, 1.165) is 52.3 Å². The number of likely N-dealkylation sites (tertiary alicyclic amines) is 1. The zero-order chi connectivity index (χ0) is 27.5. The summed E-state index contributed by atoms with van der Waals surface area (Å²) in [6.45, 7) is 5.68. The second-order valence-electron chi connectivity index (χ2n) is 10.8. The molecule has 0 amide bonds. The molecular formula is C32H36N6O2. The van der Waals surface area contributed by atoms with E-state index >= 15 is 0 Å². The molecule has 0 spiro atoms. The lowest BCUT2D eigenvalue weighted by molar-refractivity contribution is 0.0987. The van der Waals surface area contributed by atoms with Crippen molar-refractivity contribution < 1.29 is 9.53 Å². The molecule has 0 atom stereocenters. The van der Waals surface area contributed by atoms with E-state index < -0.39 is 0 Å². The summed E-state index contributed by atoms with van der Waals surface area (Å²) in [5.41, 5.74) is 5.24. The normalized spacial score (nSPS) is 14.8. The first-order chi connectivity index (χ1) is 19.6. The fourth-order valence-electron chi connectivity index (χ4n) is 5.76. The number of aromatic nitrogens is 5. The van der Waals surface area contributed by atoms with E-state index in [0.29, 0.717) is 24.7 Å². The summed E-state index contributed by atoms with van der Waals surface area (Å²) in [4.78, 5) is 24.9. The van der Waals surface area contributed by atoms with Crippen molar-refractivity contribution in [3.05, 3.63) is 89.6 Å². The Morgan fingerprint density at radius 1 is 1.05 bits per heavy atom. The Hall–Kier alpha value is -4.04. The lowest BCUT2D eigenvalue weighted by atomic mass is 9.94.